The zero-order valence-corrected chi connectivity index (χ0v) is 21.1. The number of nitrogens with zero attached hydrogens (tertiary/aromatic N) is 1. The molecule has 1 aliphatic heterocycles. The molecule has 2 radical (unpaired) electrons. The Bertz CT molecular complexity index is 269. The van der Waals surface area contributed by atoms with E-state index in [-0.39, 0.29) is 49.4 Å². The van der Waals surface area contributed by atoms with Crippen LogP contribution in [0.15, 0.2) is 0 Å². The van der Waals surface area contributed by atoms with Crippen LogP contribution >= 0.6 is 0 Å². The summed E-state index contributed by atoms with van der Waals surface area (Å²) in [5.74, 6) is 0. The normalized spacial score (nSPS) is 18.9. The van der Waals surface area contributed by atoms with Gasteiger partial charge in [0.15, 0.2) is 0 Å². The molecule has 2 heteroatoms. The van der Waals surface area contributed by atoms with E-state index in [1.165, 1.54) is 135 Å². The standard InChI is InChI=1S/C25H50N.Eu/c1-3-5-6-7-8-12-15-18-22-25(21-4-2)26-23-19-16-13-10-9-11-14-17-20-24-26;/h25H,1,3-24H2,2H3;. The van der Waals surface area contributed by atoms with Gasteiger partial charge in [0.2, 0.25) is 0 Å². The fourth-order valence-corrected chi connectivity index (χ4v) is 4.63. The summed E-state index contributed by atoms with van der Waals surface area (Å²) in [5, 5.41) is 0. The SMILES string of the molecule is [CH2]CCCCCCCCCC(CCC)N1CCCCCCCCCCC1.[Eu]. The maximum Gasteiger partial charge on any atom is 0.00951 e. The van der Waals surface area contributed by atoms with Crippen LogP contribution in [0.25, 0.3) is 0 Å². The second-order valence-electron chi connectivity index (χ2n) is 8.78. The summed E-state index contributed by atoms with van der Waals surface area (Å²) in [6, 6.07) is 0.870. The van der Waals surface area contributed by atoms with Crippen molar-refractivity contribution in [3.63, 3.8) is 0 Å². The predicted molar refractivity (Wildman–Crippen MR) is 119 cm³/mol. The van der Waals surface area contributed by atoms with Crippen LogP contribution in [0.2, 0.25) is 0 Å². The summed E-state index contributed by atoms with van der Waals surface area (Å²) in [6.07, 6.45) is 28.5. The van der Waals surface area contributed by atoms with E-state index >= 15 is 0 Å². The topological polar surface area (TPSA) is 3.24 Å². The molecular formula is C25H50EuN. The van der Waals surface area contributed by atoms with E-state index in [2.05, 4.69) is 18.7 Å². The molecule has 0 amide bonds. The Kier molecular flexibility index (Phi) is 23.5. The zero-order valence-electron chi connectivity index (χ0n) is 18.7. The van der Waals surface area contributed by atoms with E-state index in [1.54, 1.807) is 0 Å². The van der Waals surface area contributed by atoms with Gasteiger partial charge in [0, 0.05) is 55.4 Å². The van der Waals surface area contributed by atoms with Gasteiger partial charge in [-0.3, -0.25) is 0 Å². The molecule has 0 N–H and O–H groups in total. The molecule has 0 bridgehead atoms. The van der Waals surface area contributed by atoms with E-state index in [1.807, 2.05) is 0 Å². The second kappa shape index (κ2) is 22.2. The monoisotopic (exact) mass is 517 g/mol. The van der Waals surface area contributed by atoms with Crippen LogP contribution in [-0.4, -0.2) is 24.0 Å². The average Bonchev–Trinajstić information content (AvgIpc) is 2.64. The third-order valence-electron chi connectivity index (χ3n) is 6.32. The molecule has 1 saturated heterocycles. The van der Waals surface area contributed by atoms with E-state index in [0.29, 0.717) is 0 Å². The molecule has 0 saturated carbocycles. The van der Waals surface area contributed by atoms with Crippen molar-refractivity contribution in [1.82, 2.24) is 4.90 Å². The molecule has 1 fully saturated rings. The van der Waals surface area contributed by atoms with Gasteiger partial charge in [-0.25, -0.2) is 0 Å². The van der Waals surface area contributed by atoms with Crippen molar-refractivity contribution in [1.29, 1.82) is 0 Å². The van der Waals surface area contributed by atoms with Crippen molar-refractivity contribution in [2.75, 3.05) is 13.1 Å². The Morgan fingerprint density at radius 3 is 1.56 bits per heavy atom. The Morgan fingerprint density at radius 1 is 0.630 bits per heavy atom. The molecule has 1 atom stereocenters. The first-order valence-electron chi connectivity index (χ1n) is 12.4. The first kappa shape index (κ1) is 28.5. The van der Waals surface area contributed by atoms with Gasteiger partial charge in [0.25, 0.3) is 0 Å². The van der Waals surface area contributed by atoms with Gasteiger partial charge in [-0.2, -0.15) is 0 Å². The van der Waals surface area contributed by atoms with Gasteiger partial charge in [-0.05, 0) is 38.8 Å². The molecule has 27 heavy (non-hydrogen) atoms. The van der Waals surface area contributed by atoms with E-state index in [4.69, 9.17) is 0 Å². The minimum absolute atomic E-state index is 0. The first-order chi connectivity index (χ1) is 12.9. The average molecular weight is 517 g/mol. The summed E-state index contributed by atoms with van der Waals surface area (Å²) >= 11 is 0. The van der Waals surface area contributed by atoms with Gasteiger partial charge >= 0.3 is 0 Å². The summed E-state index contributed by atoms with van der Waals surface area (Å²) in [6.45, 7) is 9.07. The summed E-state index contributed by atoms with van der Waals surface area (Å²) in [4.78, 5) is 2.90. The smallest absolute Gasteiger partial charge is 0.00951 e. The van der Waals surface area contributed by atoms with Gasteiger partial charge in [0.1, 0.15) is 0 Å². The first-order valence-corrected chi connectivity index (χ1v) is 12.4. The molecule has 0 aromatic heterocycles. The maximum absolute atomic E-state index is 3.94. The molecule has 1 unspecified atom stereocenters. The van der Waals surface area contributed by atoms with Crippen molar-refractivity contribution < 1.29 is 49.4 Å². The van der Waals surface area contributed by atoms with Crippen LogP contribution in [0, 0.1) is 56.3 Å². The largest absolute Gasteiger partial charge is 0.300 e. The molecular weight excluding hydrogens is 466 g/mol. The van der Waals surface area contributed by atoms with Crippen molar-refractivity contribution >= 4 is 0 Å². The minimum Gasteiger partial charge on any atom is -0.300 e. The molecule has 1 rings (SSSR count). The molecule has 0 aromatic carbocycles. The van der Waals surface area contributed by atoms with Gasteiger partial charge in [-0.1, -0.05) is 117 Å². The quantitative estimate of drug-likeness (QED) is 0.236. The van der Waals surface area contributed by atoms with Crippen LogP contribution in [0.5, 0.6) is 0 Å². The minimum atomic E-state index is 0. The van der Waals surface area contributed by atoms with Crippen LogP contribution in [0.4, 0.5) is 0 Å². The van der Waals surface area contributed by atoms with Gasteiger partial charge in [-0.15, -0.1) is 0 Å². The summed E-state index contributed by atoms with van der Waals surface area (Å²) in [5.41, 5.74) is 0. The Morgan fingerprint density at radius 2 is 1.07 bits per heavy atom. The van der Waals surface area contributed by atoms with Gasteiger partial charge < -0.3 is 4.90 Å². The maximum atomic E-state index is 3.94. The third-order valence-corrected chi connectivity index (χ3v) is 6.32. The second-order valence-corrected chi connectivity index (χ2v) is 8.78. The summed E-state index contributed by atoms with van der Waals surface area (Å²) < 4.78 is 0. The number of hydrogen-bond acceptors (Lipinski definition) is 1. The van der Waals surface area contributed by atoms with Crippen LogP contribution in [0.1, 0.15) is 135 Å². The van der Waals surface area contributed by atoms with Crippen molar-refractivity contribution in [2.45, 2.75) is 141 Å². The van der Waals surface area contributed by atoms with Crippen LogP contribution in [-0.2, 0) is 0 Å². The molecule has 1 nitrogen and oxygen atoms in total. The van der Waals surface area contributed by atoms with Crippen LogP contribution < -0.4 is 0 Å². The van der Waals surface area contributed by atoms with E-state index in [9.17, 15) is 0 Å². The summed E-state index contributed by atoms with van der Waals surface area (Å²) in [7, 11) is 0. The fraction of sp³-hybridized carbons (Fsp3) is 0.960. The Labute approximate surface area is 213 Å². The van der Waals surface area contributed by atoms with Crippen molar-refractivity contribution in [3.8, 4) is 0 Å². The number of rotatable bonds is 12. The molecule has 0 aromatic rings. The van der Waals surface area contributed by atoms with Crippen molar-refractivity contribution in [2.24, 2.45) is 0 Å². The molecule has 0 aliphatic carbocycles. The third kappa shape index (κ3) is 17.0. The molecule has 162 valence electrons. The van der Waals surface area contributed by atoms with E-state index < -0.39 is 0 Å². The fourth-order valence-electron chi connectivity index (χ4n) is 4.63. The predicted octanol–water partition coefficient (Wildman–Crippen LogP) is 8.33. The number of unbranched alkanes of at least 4 members (excludes halogenated alkanes) is 7. The zero-order chi connectivity index (χ0) is 18.7. The van der Waals surface area contributed by atoms with Crippen LogP contribution in [0.3, 0.4) is 0 Å². The van der Waals surface area contributed by atoms with Gasteiger partial charge in [0.05, 0.1) is 0 Å². The number of hydrogen-bond donors (Lipinski definition) is 0. The Hall–Kier alpha value is 1.54. The molecule has 1 aliphatic rings. The molecule has 0 spiro atoms. The van der Waals surface area contributed by atoms with E-state index in [0.717, 1.165) is 12.5 Å². The molecule has 1 heterocycles. The van der Waals surface area contributed by atoms with Crippen molar-refractivity contribution in [3.05, 3.63) is 6.92 Å². The Balaban J connectivity index is 0.00000676.